The van der Waals surface area contributed by atoms with Crippen LogP contribution in [0.3, 0.4) is 0 Å². The first-order chi connectivity index (χ1) is 15.6. The third-order valence-corrected chi connectivity index (χ3v) is 6.21. The topological polar surface area (TPSA) is 55.8 Å². The minimum atomic E-state index is -0.761. The zero-order chi connectivity index (χ0) is 22.5. The molecule has 2 atom stereocenters. The van der Waals surface area contributed by atoms with Crippen molar-refractivity contribution >= 4 is 5.97 Å². The van der Waals surface area contributed by atoms with Crippen molar-refractivity contribution < 1.29 is 19.4 Å². The first-order valence-electron chi connectivity index (χ1n) is 11.4. The van der Waals surface area contributed by atoms with E-state index in [2.05, 4.69) is 24.3 Å². The zero-order valence-electron chi connectivity index (χ0n) is 18.7. The summed E-state index contributed by atoms with van der Waals surface area (Å²) >= 11 is 0. The fourth-order valence-electron chi connectivity index (χ4n) is 4.55. The number of hydrogen-bond acceptors (Lipinski definition) is 3. The van der Waals surface area contributed by atoms with Gasteiger partial charge in [0.2, 0.25) is 0 Å². The van der Waals surface area contributed by atoms with Crippen LogP contribution in [-0.4, -0.2) is 17.7 Å². The lowest BCUT2D eigenvalue weighted by Crippen LogP contribution is -2.06. The molecule has 1 unspecified atom stereocenters. The maximum Gasteiger partial charge on any atom is 0.303 e. The van der Waals surface area contributed by atoms with Crippen molar-refractivity contribution in [2.75, 3.05) is 6.61 Å². The Morgan fingerprint density at radius 3 is 2.56 bits per heavy atom. The van der Waals surface area contributed by atoms with Crippen LogP contribution in [-0.2, 0) is 11.2 Å². The highest BCUT2D eigenvalue weighted by Gasteiger charge is 2.25. The predicted octanol–water partition coefficient (Wildman–Crippen LogP) is 6.79. The van der Waals surface area contributed by atoms with Gasteiger partial charge in [0, 0.05) is 5.56 Å². The second kappa shape index (κ2) is 9.90. The molecular weight excluding hydrogens is 400 g/mol. The van der Waals surface area contributed by atoms with Crippen LogP contribution in [0.15, 0.2) is 66.7 Å². The van der Waals surface area contributed by atoms with Gasteiger partial charge in [-0.2, -0.15) is 0 Å². The Kier molecular flexibility index (Phi) is 6.79. The summed E-state index contributed by atoms with van der Waals surface area (Å²) in [7, 11) is 0. The Morgan fingerprint density at radius 2 is 1.84 bits per heavy atom. The summed E-state index contributed by atoms with van der Waals surface area (Å²) in [4.78, 5) is 11.1. The number of ether oxygens (including phenoxy) is 2. The van der Waals surface area contributed by atoms with Gasteiger partial charge in [0.05, 0.1) is 13.0 Å². The Hall–Kier alpha value is -3.27. The SMILES string of the molecule is CCOc1ccccc1-c1ccc2c(c1)CCC2Oc1ccc([C@H](CC)CC(=O)O)cc1. The minimum absolute atomic E-state index is 0.0340. The summed E-state index contributed by atoms with van der Waals surface area (Å²) in [6, 6.07) is 22.7. The molecule has 3 aromatic rings. The van der Waals surface area contributed by atoms with Crippen molar-refractivity contribution in [3.63, 3.8) is 0 Å². The minimum Gasteiger partial charge on any atom is -0.493 e. The van der Waals surface area contributed by atoms with Crippen LogP contribution in [0, 0.1) is 0 Å². The fourth-order valence-corrected chi connectivity index (χ4v) is 4.55. The van der Waals surface area contributed by atoms with Gasteiger partial charge >= 0.3 is 5.97 Å². The van der Waals surface area contributed by atoms with Crippen molar-refractivity contribution in [2.24, 2.45) is 0 Å². The summed E-state index contributed by atoms with van der Waals surface area (Å²) in [6.45, 7) is 4.67. The molecule has 0 fully saturated rings. The highest BCUT2D eigenvalue weighted by Crippen LogP contribution is 2.39. The normalized spacial score (nSPS) is 15.8. The van der Waals surface area contributed by atoms with Gasteiger partial charge in [0.15, 0.2) is 0 Å². The van der Waals surface area contributed by atoms with Crippen molar-refractivity contribution in [2.45, 2.75) is 51.6 Å². The van der Waals surface area contributed by atoms with E-state index in [1.807, 2.05) is 56.3 Å². The van der Waals surface area contributed by atoms with Crippen LogP contribution in [0.25, 0.3) is 11.1 Å². The molecule has 0 saturated carbocycles. The maximum absolute atomic E-state index is 11.1. The Morgan fingerprint density at radius 1 is 1.06 bits per heavy atom. The standard InChI is InChI=1S/C28H30O4/c1-3-19(18-28(29)30)20-9-13-23(14-10-20)32-27-16-12-22-17-21(11-15-25(22)27)24-7-5-6-8-26(24)31-4-2/h5-11,13-15,17,19,27H,3-4,12,16,18H2,1-2H3,(H,29,30)/t19-,27?/m1/s1. The number of hydrogen-bond donors (Lipinski definition) is 1. The summed E-state index contributed by atoms with van der Waals surface area (Å²) in [5, 5.41) is 9.12. The molecule has 1 aliphatic rings. The average molecular weight is 431 g/mol. The first kappa shape index (κ1) is 21.9. The third-order valence-electron chi connectivity index (χ3n) is 6.21. The molecule has 4 nitrogen and oxygen atoms in total. The molecule has 0 radical (unpaired) electrons. The first-order valence-corrected chi connectivity index (χ1v) is 11.4. The molecular formula is C28H30O4. The van der Waals surface area contributed by atoms with E-state index in [1.54, 1.807) is 0 Å². The molecule has 1 aliphatic carbocycles. The highest BCUT2D eigenvalue weighted by atomic mass is 16.5. The molecule has 0 heterocycles. The monoisotopic (exact) mass is 430 g/mol. The van der Waals surface area contributed by atoms with Gasteiger partial charge in [-0.05, 0) is 72.6 Å². The molecule has 3 aromatic carbocycles. The molecule has 4 rings (SSSR count). The lowest BCUT2D eigenvalue weighted by atomic mass is 9.93. The molecule has 4 heteroatoms. The maximum atomic E-state index is 11.1. The fraction of sp³-hybridized carbons (Fsp3) is 0.321. The van der Waals surface area contributed by atoms with Crippen LogP contribution >= 0.6 is 0 Å². The third kappa shape index (κ3) is 4.80. The van der Waals surface area contributed by atoms with Gasteiger partial charge in [-0.15, -0.1) is 0 Å². The lowest BCUT2D eigenvalue weighted by molar-refractivity contribution is -0.137. The number of para-hydroxylation sites is 1. The number of aryl methyl sites for hydroxylation is 1. The van der Waals surface area contributed by atoms with E-state index >= 15 is 0 Å². The number of aliphatic carboxylic acids is 1. The van der Waals surface area contributed by atoms with Crippen molar-refractivity contribution in [3.05, 3.63) is 83.4 Å². The molecule has 1 N–H and O–H groups in total. The average Bonchev–Trinajstić information content (AvgIpc) is 3.20. The van der Waals surface area contributed by atoms with Crippen LogP contribution in [0.2, 0.25) is 0 Å². The number of carboxylic acids is 1. The molecule has 0 aromatic heterocycles. The van der Waals surface area contributed by atoms with E-state index in [0.29, 0.717) is 6.61 Å². The molecule has 0 aliphatic heterocycles. The van der Waals surface area contributed by atoms with E-state index in [9.17, 15) is 4.79 Å². The lowest BCUT2D eigenvalue weighted by Gasteiger charge is -2.17. The number of carbonyl (C=O) groups is 1. The summed E-state index contributed by atoms with van der Waals surface area (Å²) in [5.74, 6) is 1.01. The van der Waals surface area contributed by atoms with Gasteiger partial charge in [-0.1, -0.05) is 55.5 Å². The van der Waals surface area contributed by atoms with Crippen molar-refractivity contribution in [1.29, 1.82) is 0 Å². The molecule has 0 spiro atoms. The van der Waals surface area contributed by atoms with E-state index < -0.39 is 5.97 Å². The van der Waals surface area contributed by atoms with Crippen LogP contribution in [0.4, 0.5) is 0 Å². The van der Waals surface area contributed by atoms with Gasteiger partial charge in [0.1, 0.15) is 17.6 Å². The Bertz CT molecular complexity index is 1070. The van der Waals surface area contributed by atoms with E-state index in [4.69, 9.17) is 14.6 Å². The molecule has 0 saturated heterocycles. The second-order valence-corrected chi connectivity index (χ2v) is 8.26. The number of benzene rings is 3. The van der Waals surface area contributed by atoms with E-state index in [1.165, 1.54) is 16.7 Å². The van der Waals surface area contributed by atoms with Crippen molar-refractivity contribution in [1.82, 2.24) is 0 Å². The number of carboxylic acid groups (broad SMARTS) is 1. The van der Waals surface area contributed by atoms with Crippen molar-refractivity contribution in [3.8, 4) is 22.6 Å². The molecule has 0 bridgehead atoms. The Labute approximate surface area is 189 Å². The summed E-state index contributed by atoms with van der Waals surface area (Å²) in [5.41, 5.74) is 5.89. The summed E-state index contributed by atoms with van der Waals surface area (Å²) < 4.78 is 12.1. The van der Waals surface area contributed by atoms with Gasteiger partial charge < -0.3 is 14.6 Å². The number of fused-ring (bicyclic) bond motifs is 1. The summed E-state index contributed by atoms with van der Waals surface area (Å²) in [6.07, 6.45) is 2.93. The highest BCUT2D eigenvalue weighted by molar-refractivity contribution is 5.71. The van der Waals surface area contributed by atoms with Crippen LogP contribution in [0.5, 0.6) is 11.5 Å². The van der Waals surface area contributed by atoms with Crippen LogP contribution in [0.1, 0.15) is 61.8 Å². The molecule has 32 heavy (non-hydrogen) atoms. The predicted molar refractivity (Wildman–Crippen MR) is 126 cm³/mol. The second-order valence-electron chi connectivity index (χ2n) is 8.26. The quantitative estimate of drug-likeness (QED) is 0.406. The van der Waals surface area contributed by atoms with Crippen LogP contribution < -0.4 is 9.47 Å². The number of rotatable bonds is 9. The smallest absolute Gasteiger partial charge is 0.303 e. The zero-order valence-corrected chi connectivity index (χ0v) is 18.7. The Balaban J connectivity index is 1.49. The van der Waals surface area contributed by atoms with E-state index in [-0.39, 0.29) is 18.4 Å². The molecule has 166 valence electrons. The van der Waals surface area contributed by atoms with Gasteiger partial charge in [-0.3, -0.25) is 4.79 Å². The van der Waals surface area contributed by atoms with E-state index in [0.717, 1.165) is 41.9 Å². The largest absolute Gasteiger partial charge is 0.493 e. The van der Waals surface area contributed by atoms with Gasteiger partial charge in [-0.25, -0.2) is 0 Å². The molecule has 0 amide bonds. The van der Waals surface area contributed by atoms with Gasteiger partial charge in [0.25, 0.3) is 0 Å².